The molecule has 1 fully saturated rings. The zero-order valence-electron chi connectivity index (χ0n) is 10.3. The Hall–Kier alpha value is -0.870. The van der Waals surface area contributed by atoms with Crippen molar-refractivity contribution in [2.45, 2.75) is 32.4 Å². The van der Waals surface area contributed by atoms with Gasteiger partial charge < -0.3 is 14.8 Å². The smallest absolute Gasteiger partial charge is 0.0951 e. The van der Waals surface area contributed by atoms with Gasteiger partial charge in [0.25, 0.3) is 0 Å². The summed E-state index contributed by atoms with van der Waals surface area (Å²) in [6.07, 6.45) is 6.54. The molecule has 1 aliphatic rings. The summed E-state index contributed by atoms with van der Waals surface area (Å²) in [6, 6.07) is 0.611. The number of aromatic nitrogens is 2. The van der Waals surface area contributed by atoms with Crippen molar-refractivity contribution in [2.24, 2.45) is 0 Å². The largest absolute Gasteiger partial charge is 0.329 e. The van der Waals surface area contributed by atoms with Crippen molar-refractivity contribution >= 4 is 0 Å². The van der Waals surface area contributed by atoms with Gasteiger partial charge >= 0.3 is 0 Å². The highest BCUT2D eigenvalue weighted by Gasteiger charge is 2.21. The first-order chi connectivity index (χ1) is 7.85. The summed E-state index contributed by atoms with van der Waals surface area (Å²) in [7, 11) is 1.98. The Morgan fingerprint density at radius 3 is 3.19 bits per heavy atom. The molecule has 0 saturated carbocycles. The Balaban J connectivity index is 2.07. The lowest BCUT2D eigenvalue weighted by atomic mass is 10.1. The average Bonchev–Trinajstić information content (AvgIpc) is 2.78. The molecule has 0 aromatic carbocycles. The van der Waals surface area contributed by atoms with Crippen LogP contribution in [0.2, 0.25) is 0 Å². The van der Waals surface area contributed by atoms with Gasteiger partial charge in [-0.2, -0.15) is 0 Å². The molecule has 4 heteroatoms. The van der Waals surface area contributed by atoms with Crippen molar-refractivity contribution in [3.05, 3.63) is 18.2 Å². The highest BCUT2D eigenvalue weighted by atomic mass is 15.2. The van der Waals surface area contributed by atoms with Crippen LogP contribution >= 0.6 is 0 Å². The minimum absolute atomic E-state index is 0.611. The second-order valence-corrected chi connectivity index (χ2v) is 4.51. The standard InChI is InChI=1S/C12H22N4/c1-3-15-6-4-5-11(9-15)16-10-14-8-12(16)7-13-2/h8,10-11,13H,3-7,9H2,1-2H3. The molecule has 0 radical (unpaired) electrons. The normalized spacial score (nSPS) is 22.5. The summed E-state index contributed by atoms with van der Waals surface area (Å²) in [4.78, 5) is 6.80. The van der Waals surface area contributed by atoms with Crippen LogP contribution in [0.4, 0.5) is 0 Å². The minimum atomic E-state index is 0.611. The SMILES string of the molecule is CCN1CCCC(n2cncc2CNC)C1. The maximum absolute atomic E-state index is 4.27. The first kappa shape index (κ1) is 11.6. The van der Waals surface area contributed by atoms with E-state index in [4.69, 9.17) is 0 Å². The van der Waals surface area contributed by atoms with Crippen LogP contribution < -0.4 is 5.32 Å². The molecule has 1 unspecified atom stereocenters. The summed E-state index contributed by atoms with van der Waals surface area (Å²) in [5.74, 6) is 0. The van der Waals surface area contributed by atoms with Crippen LogP contribution in [0.5, 0.6) is 0 Å². The molecule has 0 amide bonds. The lowest BCUT2D eigenvalue weighted by molar-refractivity contribution is 0.183. The molecule has 4 nitrogen and oxygen atoms in total. The van der Waals surface area contributed by atoms with Crippen LogP contribution in [-0.4, -0.2) is 41.1 Å². The summed E-state index contributed by atoms with van der Waals surface area (Å²) >= 11 is 0. The number of nitrogens with zero attached hydrogens (tertiary/aromatic N) is 3. The highest BCUT2D eigenvalue weighted by Crippen LogP contribution is 2.22. The first-order valence-corrected chi connectivity index (χ1v) is 6.22. The van der Waals surface area contributed by atoms with E-state index in [9.17, 15) is 0 Å². The Bertz CT molecular complexity index is 321. The van der Waals surface area contributed by atoms with Crippen molar-refractivity contribution in [1.29, 1.82) is 0 Å². The van der Waals surface area contributed by atoms with Crippen molar-refractivity contribution in [2.75, 3.05) is 26.7 Å². The van der Waals surface area contributed by atoms with Gasteiger partial charge in [0.1, 0.15) is 0 Å². The molecule has 2 rings (SSSR count). The number of hydrogen-bond donors (Lipinski definition) is 1. The lowest BCUT2D eigenvalue weighted by Crippen LogP contribution is -2.36. The molecule has 1 aliphatic heterocycles. The van der Waals surface area contributed by atoms with Crippen molar-refractivity contribution in [3.8, 4) is 0 Å². The first-order valence-electron chi connectivity index (χ1n) is 6.22. The molecule has 0 spiro atoms. The topological polar surface area (TPSA) is 33.1 Å². The molecule has 1 atom stereocenters. The molecule has 1 aromatic rings. The van der Waals surface area contributed by atoms with Gasteiger partial charge in [0, 0.05) is 25.3 Å². The number of likely N-dealkylation sites (tertiary alicyclic amines) is 1. The van der Waals surface area contributed by atoms with E-state index in [1.807, 2.05) is 19.6 Å². The van der Waals surface area contributed by atoms with E-state index in [1.165, 1.54) is 31.6 Å². The van der Waals surface area contributed by atoms with E-state index in [0.29, 0.717) is 6.04 Å². The maximum Gasteiger partial charge on any atom is 0.0951 e. The molecular formula is C12H22N4. The monoisotopic (exact) mass is 222 g/mol. The van der Waals surface area contributed by atoms with Gasteiger partial charge in [-0.3, -0.25) is 0 Å². The zero-order chi connectivity index (χ0) is 11.4. The third-order valence-electron chi connectivity index (χ3n) is 3.43. The van der Waals surface area contributed by atoms with E-state index in [1.54, 1.807) is 0 Å². The Labute approximate surface area is 97.7 Å². The van der Waals surface area contributed by atoms with E-state index in [2.05, 4.69) is 26.7 Å². The van der Waals surface area contributed by atoms with Crippen molar-refractivity contribution in [3.63, 3.8) is 0 Å². The van der Waals surface area contributed by atoms with E-state index in [-0.39, 0.29) is 0 Å². The number of imidazole rings is 1. The number of hydrogen-bond acceptors (Lipinski definition) is 3. The lowest BCUT2D eigenvalue weighted by Gasteiger charge is -2.33. The second kappa shape index (κ2) is 5.46. The fourth-order valence-corrected chi connectivity index (χ4v) is 2.52. The third kappa shape index (κ3) is 2.44. The van der Waals surface area contributed by atoms with Crippen LogP contribution in [0.25, 0.3) is 0 Å². The van der Waals surface area contributed by atoms with Gasteiger partial charge in [-0.05, 0) is 33.0 Å². The predicted molar refractivity (Wildman–Crippen MR) is 65.4 cm³/mol. The second-order valence-electron chi connectivity index (χ2n) is 4.51. The van der Waals surface area contributed by atoms with Crippen molar-refractivity contribution < 1.29 is 0 Å². The molecule has 90 valence electrons. The van der Waals surface area contributed by atoms with E-state index >= 15 is 0 Å². The summed E-state index contributed by atoms with van der Waals surface area (Å²) in [6.45, 7) is 6.73. The van der Waals surface area contributed by atoms with Gasteiger partial charge in [-0.25, -0.2) is 4.98 Å². The number of rotatable bonds is 4. The molecule has 0 bridgehead atoms. The van der Waals surface area contributed by atoms with Gasteiger partial charge in [-0.1, -0.05) is 6.92 Å². The number of likely N-dealkylation sites (N-methyl/N-ethyl adjacent to an activating group) is 1. The van der Waals surface area contributed by atoms with Gasteiger partial charge in [0.05, 0.1) is 12.0 Å². The Morgan fingerprint density at radius 2 is 2.44 bits per heavy atom. The van der Waals surface area contributed by atoms with Crippen LogP contribution in [0.15, 0.2) is 12.5 Å². The molecule has 1 aromatic heterocycles. The number of nitrogens with one attached hydrogen (secondary N) is 1. The minimum Gasteiger partial charge on any atom is -0.329 e. The number of piperidine rings is 1. The fraction of sp³-hybridized carbons (Fsp3) is 0.750. The molecule has 1 saturated heterocycles. The fourth-order valence-electron chi connectivity index (χ4n) is 2.52. The van der Waals surface area contributed by atoms with Crippen LogP contribution in [-0.2, 0) is 6.54 Å². The third-order valence-corrected chi connectivity index (χ3v) is 3.43. The highest BCUT2D eigenvalue weighted by molar-refractivity contribution is 5.01. The van der Waals surface area contributed by atoms with Gasteiger partial charge in [0.15, 0.2) is 0 Å². The summed E-state index contributed by atoms with van der Waals surface area (Å²) in [5.41, 5.74) is 1.30. The quantitative estimate of drug-likeness (QED) is 0.832. The van der Waals surface area contributed by atoms with Crippen LogP contribution in [0.3, 0.4) is 0 Å². The van der Waals surface area contributed by atoms with E-state index < -0.39 is 0 Å². The molecule has 1 N–H and O–H groups in total. The molecule has 16 heavy (non-hydrogen) atoms. The van der Waals surface area contributed by atoms with Gasteiger partial charge in [-0.15, -0.1) is 0 Å². The summed E-state index contributed by atoms with van der Waals surface area (Å²) < 4.78 is 2.35. The van der Waals surface area contributed by atoms with Crippen LogP contribution in [0.1, 0.15) is 31.5 Å². The van der Waals surface area contributed by atoms with Crippen molar-refractivity contribution in [1.82, 2.24) is 19.8 Å². The summed E-state index contributed by atoms with van der Waals surface area (Å²) in [5, 5.41) is 3.20. The van der Waals surface area contributed by atoms with Gasteiger partial charge in [0.2, 0.25) is 0 Å². The maximum atomic E-state index is 4.27. The molecular weight excluding hydrogens is 200 g/mol. The van der Waals surface area contributed by atoms with E-state index in [0.717, 1.165) is 13.1 Å². The average molecular weight is 222 g/mol. The molecule has 0 aliphatic carbocycles. The van der Waals surface area contributed by atoms with Crippen LogP contribution in [0, 0.1) is 0 Å². The molecule has 2 heterocycles. The predicted octanol–water partition coefficient (Wildman–Crippen LogP) is 1.26. The zero-order valence-corrected chi connectivity index (χ0v) is 10.3. The Morgan fingerprint density at radius 1 is 1.56 bits per heavy atom. The Kier molecular flexibility index (Phi) is 3.96.